The average molecular weight is 211 g/mol. The van der Waals surface area contributed by atoms with Gasteiger partial charge in [-0.05, 0) is 12.8 Å². The molecule has 0 aliphatic carbocycles. The molecular weight excluding hydrogens is 198 g/mol. The first-order chi connectivity index (χ1) is 7.31. The Balaban J connectivity index is 2.08. The molecule has 2 heterocycles. The number of hydrogen-bond acceptors (Lipinski definition) is 5. The number of rotatable bonds is 2. The lowest BCUT2D eigenvalue weighted by Crippen LogP contribution is -2.13. The number of carbonyl (C=O) groups excluding carboxylic acids is 1. The molecule has 1 aromatic rings. The van der Waals surface area contributed by atoms with E-state index in [1.807, 2.05) is 0 Å². The van der Waals surface area contributed by atoms with Crippen LogP contribution in [-0.4, -0.2) is 31.4 Å². The highest BCUT2D eigenvalue weighted by molar-refractivity contribution is 5.86. The van der Waals surface area contributed by atoms with Crippen molar-refractivity contribution in [3.63, 3.8) is 0 Å². The molecule has 0 saturated carbocycles. The molecular formula is C10H13NO4. The first kappa shape index (κ1) is 10.2. The predicted octanol–water partition coefficient (Wildman–Crippen LogP) is 1.36. The summed E-state index contributed by atoms with van der Waals surface area (Å²) >= 11 is 0. The minimum atomic E-state index is -0.461. The third-order valence-electron chi connectivity index (χ3n) is 2.55. The average Bonchev–Trinajstić information content (AvgIpc) is 2.78. The largest absolute Gasteiger partial charge is 0.464 e. The van der Waals surface area contributed by atoms with Gasteiger partial charge in [0.25, 0.3) is 0 Å². The Morgan fingerprint density at radius 2 is 2.27 bits per heavy atom. The fraction of sp³-hybridized carbons (Fsp3) is 0.600. The van der Waals surface area contributed by atoms with E-state index in [1.165, 1.54) is 7.11 Å². The van der Waals surface area contributed by atoms with Gasteiger partial charge < -0.3 is 14.0 Å². The normalized spacial score (nSPS) is 17.7. The standard InChI is InChI=1S/C10H13NO4/c1-13-10(12)8-6-9(15-11-8)7-2-4-14-5-3-7/h6-7H,2-5H2,1H3. The Kier molecular flexibility index (Phi) is 3.01. The molecule has 5 heteroatoms. The molecule has 2 rings (SSSR count). The summed E-state index contributed by atoms with van der Waals surface area (Å²) in [5, 5.41) is 3.67. The summed E-state index contributed by atoms with van der Waals surface area (Å²) in [7, 11) is 1.32. The molecule has 1 fully saturated rings. The van der Waals surface area contributed by atoms with Crippen LogP contribution in [0.25, 0.3) is 0 Å². The number of esters is 1. The van der Waals surface area contributed by atoms with E-state index in [4.69, 9.17) is 9.26 Å². The van der Waals surface area contributed by atoms with E-state index in [9.17, 15) is 4.79 Å². The number of aromatic nitrogens is 1. The van der Waals surface area contributed by atoms with Gasteiger partial charge in [0.05, 0.1) is 7.11 Å². The van der Waals surface area contributed by atoms with Crippen molar-refractivity contribution >= 4 is 5.97 Å². The molecule has 0 N–H and O–H groups in total. The van der Waals surface area contributed by atoms with Gasteiger partial charge >= 0.3 is 5.97 Å². The van der Waals surface area contributed by atoms with Crippen molar-refractivity contribution in [2.75, 3.05) is 20.3 Å². The van der Waals surface area contributed by atoms with Crippen molar-refractivity contribution in [2.45, 2.75) is 18.8 Å². The summed E-state index contributed by atoms with van der Waals surface area (Å²) in [5.41, 5.74) is 0.235. The van der Waals surface area contributed by atoms with Gasteiger partial charge in [-0.3, -0.25) is 0 Å². The second-order valence-corrected chi connectivity index (χ2v) is 3.49. The topological polar surface area (TPSA) is 61.6 Å². The number of ether oxygens (including phenoxy) is 2. The van der Waals surface area contributed by atoms with Crippen LogP contribution in [0, 0.1) is 0 Å². The molecule has 0 radical (unpaired) electrons. The van der Waals surface area contributed by atoms with Gasteiger partial charge in [0.15, 0.2) is 5.69 Å². The van der Waals surface area contributed by atoms with Crippen LogP contribution >= 0.6 is 0 Å². The van der Waals surface area contributed by atoms with Crippen molar-refractivity contribution in [1.29, 1.82) is 0 Å². The zero-order chi connectivity index (χ0) is 10.7. The van der Waals surface area contributed by atoms with Crippen LogP contribution in [0.2, 0.25) is 0 Å². The van der Waals surface area contributed by atoms with E-state index < -0.39 is 5.97 Å². The fourth-order valence-corrected chi connectivity index (χ4v) is 1.66. The van der Waals surface area contributed by atoms with Gasteiger partial charge in [0.1, 0.15) is 5.76 Å². The lowest BCUT2D eigenvalue weighted by molar-refractivity contribution is 0.0588. The Hall–Kier alpha value is -1.36. The van der Waals surface area contributed by atoms with Crippen LogP contribution in [-0.2, 0) is 9.47 Å². The molecule has 5 nitrogen and oxygen atoms in total. The molecule has 1 aromatic heterocycles. The molecule has 15 heavy (non-hydrogen) atoms. The van der Waals surface area contributed by atoms with Crippen molar-refractivity contribution in [1.82, 2.24) is 5.16 Å². The number of methoxy groups -OCH3 is 1. The lowest BCUT2D eigenvalue weighted by Gasteiger charge is -2.18. The Morgan fingerprint density at radius 3 is 2.93 bits per heavy atom. The summed E-state index contributed by atoms with van der Waals surface area (Å²) in [6.45, 7) is 1.47. The zero-order valence-electron chi connectivity index (χ0n) is 8.56. The summed E-state index contributed by atoms with van der Waals surface area (Å²) in [6.07, 6.45) is 1.83. The van der Waals surface area contributed by atoms with E-state index in [1.54, 1.807) is 6.07 Å². The van der Waals surface area contributed by atoms with E-state index in [2.05, 4.69) is 9.89 Å². The highest BCUT2D eigenvalue weighted by Gasteiger charge is 2.22. The minimum Gasteiger partial charge on any atom is -0.464 e. The van der Waals surface area contributed by atoms with Gasteiger partial charge in [0, 0.05) is 25.2 Å². The second kappa shape index (κ2) is 4.44. The van der Waals surface area contributed by atoms with Crippen molar-refractivity contribution < 1.29 is 18.8 Å². The molecule has 0 unspecified atom stereocenters. The maximum atomic E-state index is 11.1. The number of hydrogen-bond donors (Lipinski definition) is 0. The quantitative estimate of drug-likeness (QED) is 0.691. The third kappa shape index (κ3) is 2.18. The molecule has 1 aliphatic rings. The summed E-state index contributed by atoms with van der Waals surface area (Å²) in [4.78, 5) is 11.1. The summed E-state index contributed by atoms with van der Waals surface area (Å²) in [6, 6.07) is 1.65. The molecule has 0 amide bonds. The van der Waals surface area contributed by atoms with Crippen LogP contribution in [0.4, 0.5) is 0 Å². The maximum Gasteiger partial charge on any atom is 0.360 e. The highest BCUT2D eigenvalue weighted by atomic mass is 16.5. The second-order valence-electron chi connectivity index (χ2n) is 3.49. The lowest BCUT2D eigenvalue weighted by atomic mass is 9.97. The van der Waals surface area contributed by atoms with E-state index >= 15 is 0 Å². The van der Waals surface area contributed by atoms with Crippen LogP contribution in [0.3, 0.4) is 0 Å². The number of carbonyl (C=O) groups is 1. The van der Waals surface area contributed by atoms with E-state index in [0.717, 1.165) is 31.8 Å². The zero-order valence-corrected chi connectivity index (χ0v) is 8.56. The molecule has 0 bridgehead atoms. The Bertz CT molecular complexity index is 341. The summed E-state index contributed by atoms with van der Waals surface area (Å²) < 4.78 is 14.9. The van der Waals surface area contributed by atoms with Crippen LogP contribution in [0.5, 0.6) is 0 Å². The maximum absolute atomic E-state index is 11.1. The smallest absolute Gasteiger partial charge is 0.360 e. The van der Waals surface area contributed by atoms with Gasteiger partial charge in [0.2, 0.25) is 0 Å². The van der Waals surface area contributed by atoms with Crippen molar-refractivity contribution in [3.05, 3.63) is 17.5 Å². The number of nitrogens with zero attached hydrogens (tertiary/aromatic N) is 1. The van der Waals surface area contributed by atoms with E-state index in [-0.39, 0.29) is 5.69 Å². The first-order valence-electron chi connectivity index (χ1n) is 4.94. The SMILES string of the molecule is COC(=O)c1cc(C2CCOCC2)on1. The van der Waals surface area contributed by atoms with Gasteiger partial charge in [-0.2, -0.15) is 0 Å². The fourth-order valence-electron chi connectivity index (χ4n) is 1.66. The first-order valence-corrected chi connectivity index (χ1v) is 4.94. The van der Waals surface area contributed by atoms with Crippen LogP contribution in [0.15, 0.2) is 10.6 Å². The van der Waals surface area contributed by atoms with Gasteiger partial charge in [-0.25, -0.2) is 4.79 Å². The molecule has 1 aliphatic heterocycles. The molecule has 0 spiro atoms. The highest BCUT2D eigenvalue weighted by Crippen LogP contribution is 2.27. The molecule has 1 saturated heterocycles. The van der Waals surface area contributed by atoms with Crippen LogP contribution < -0.4 is 0 Å². The van der Waals surface area contributed by atoms with Crippen molar-refractivity contribution in [2.24, 2.45) is 0 Å². The van der Waals surface area contributed by atoms with Crippen LogP contribution in [0.1, 0.15) is 35.0 Å². The van der Waals surface area contributed by atoms with Gasteiger partial charge in [-0.15, -0.1) is 0 Å². The van der Waals surface area contributed by atoms with E-state index in [0.29, 0.717) is 5.92 Å². The molecule has 82 valence electrons. The third-order valence-corrected chi connectivity index (χ3v) is 2.55. The molecule has 0 aromatic carbocycles. The Morgan fingerprint density at radius 1 is 1.53 bits per heavy atom. The monoisotopic (exact) mass is 211 g/mol. The summed E-state index contributed by atoms with van der Waals surface area (Å²) in [5.74, 6) is 0.598. The predicted molar refractivity (Wildman–Crippen MR) is 50.6 cm³/mol. The van der Waals surface area contributed by atoms with Crippen molar-refractivity contribution in [3.8, 4) is 0 Å². The Labute approximate surface area is 87.3 Å². The minimum absolute atomic E-state index is 0.235. The van der Waals surface area contributed by atoms with Gasteiger partial charge in [-0.1, -0.05) is 5.16 Å². The molecule has 0 atom stereocenters.